The second kappa shape index (κ2) is 9.29. The average molecular weight is 338 g/mol. The van der Waals surface area contributed by atoms with Gasteiger partial charge in [0.15, 0.2) is 0 Å². The van der Waals surface area contributed by atoms with Crippen LogP contribution < -0.4 is 17.7 Å². The van der Waals surface area contributed by atoms with Gasteiger partial charge in [-0.05, 0) is 64.3 Å². The standard InChI is InChI=1S/C19H30N2O.ClH/c1-5-6-10-21-11-8-7-9-17(21)19(22)20-18-15(3)12-14(2)13-16(18)4;/h12-13,17H,5-11H2,1-4H3,(H,20,22);1H/p-1. The molecule has 1 atom stereocenters. The van der Waals surface area contributed by atoms with E-state index in [2.05, 4.69) is 50.0 Å². The number of anilines is 1. The van der Waals surface area contributed by atoms with Crippen LogP contribution in [0.5, 0.6) is 0 Å². The zero-order valence-electron chi connectivity index (χ0n) is 14.9. The van der Waals surface area contributed by atoms with Gasteiger partial charge in [0.25, 0.3) is 0 Å². The Kier molecular flexibility index (Phi) is 8.07. The summed E-state index contributed by atoms with van der Waals surface area (Å²) in [6.07, 6.45) is 5.72. The number of rotatable bonds is 5. The van der Waals surface area contributed by atoms with E-state index in [1.165, 1.54) is 24.8 Å². The number of nitrogens with zero attached hydrogens (tertiary/aromatic N) is 1. The van der Waals surface area contributed by atoms with Crippen molar-refractivity contribution in [1.29, 1.82) is 0 Å². The lowest BCUT2D eigenvalue weighted by molar-refractivity contribution is -0.122. The van der Waals surface area contributed by atoms with Crippen LogP contribution >= 0.6 is 0 Å². The summed E-state index contributed by atoms with van der Waals surface area (Å²) in [5, 5.41) is 3.20. The summed E-state index contributed by atoms with van der Waals surface area (Å²) in [6.45, 7) is 10.6. The molecule has 0 aromatic heterocycles. The molecule has 2 rings (SSSR count). The number of unbranched alkanes of at least 4 members (excludes halogenated alkanes) is 1. The third kappa shape index (κ3) is 5.22. The minimum atomic E-state index is 0. The van der Waals surface area contributed by atoms with Crippen molar-refractivity contribution in [3.63, 3.8) is 0 Å². The zero-order chi connectivity index (χ0) is 16.1. The number of likely N-dealkylation sites (tertiary alicyclic amines) is 1. The molecular weight excluding hydrogens is 308 g/mol. The van der Waals surface area contributed by atoms with Crippen molar-refractivity contribution < 1.29 is 17.2 Å². The quantitative estimate of drug-likeness (QED) is 0.876. The van der Waals surface area contributed by atoms with Crippen molar-refractivity contribution in [1.82, 2.24) is 4.90 Å². The molecule has 4 heteroatoms. The van der Waals surface area contributed by atoms with Gasteiger partial charge in [-0.2, -0.15) is 0 Å². The summed E-state index contributed by atoms with van der Waals surface area (Å²) >= 11 is 0. The van der Waals surface area contributed by atoms with Crippen molar-refractivity contribution in [2.24, 2.45) is 0 Å². The fourth-order valence-corrected chi connectivity index (χ4v) is 3.50. The molecule has 0 spiro atoms. The Bertz CT molecular complexity index is 507. The lowest BCUT2D eigenvalue weighted by atomic mass is 9.99. The fraction of sp³-hybridized carbons (Fsp3) is 0.632. The molecular formula is C19H30ClN2O-. The summed E-state index contributed by atoms with van der Waals surface area (Å²) in [5.74, 6) is 0.172. The molecule has 1 saturated heterocycles. The number of hydrogen-bond donors (Lipinski definition) is 1. The summed E-state index contributed by atoms with van der Waals surface area (Å²) < 4.78 is 0. The maximum atomic E-state index is 12.8. The fourth-order valence-electron chi connectivity index (χ4n) is 3.50. The normalized spacial score (nSPS) is 18.3. The molecule has 1 heterocycles. The first-order valence-electron chi connectivity index (χ1n) is 8.65. The molecule has 1 aromatic carbocycles. The summed E-state index contributed by atoms with van der Waals surface area (Å²) in [4.78, 5) is 15.2. The summed E-state index contributed by atoms with van der Waals surface area (Å²) in [7, 11) is 0. The van der Waals surface area contributed by atoms with Crippen molar-refractivity contribution >= 4 is 11.6 Å². The van der Waals surface area contributed by atoms with Crippen molar-refractivity contribution in [3.8, 4) is 0 Å². The van der Waals surface area contributed by atoms with Gasteiger partial charge < -0.3 is 17.7 Å². The van der Waals surface area contributed by atoms with Gasteiger partial charge >= 0.3 is 0 Å². The van der Waals surface area contributed by atoms with Gasteiger partial charge in [0.2, 0.25) is 5.91 Å². The van der Waals surface area contributed by atoms with E-state index in [1.54, 1.807) is 0 Å². The van der Waals surface area contributed by atoms with E-state index in [0.717, 1.165) is 42.7 Å². The molecule has 1 aliphatic rings. The van der Waals surface area contributed by atoms with Crippen LogP contribution in [0.4, 0.5) is 5.69 Å². The van der Waals surface area contributed by atoms with E-state index in [0.29, 0.717) is 0 Å². The number of aryl methyl sites for hydroxylation is 3. The molecule has 1 amide bonds. The summed E-state index contributed by atoms with van der Waals surface area (Å²) in [6, 6.07) is 4.32. The number of carbonyl (C=O) groups excluding carboxylic acids is 1. The van der Waals surface area contributed by atoms with E-state index < -0.39 is 0 Å². The molecule has 130 valence electrons. The predicted octanol–water partition coefficient (Wildman–Crippen LogP) is 1.21. The van der Waals surface area contributed by atoms with Gasteiger partial charge in [0.1, 0.15) is 0 Å². The summed E-state index contributed by atoms with van der Waals surface area (Å²) in [5.41, 5.74) is 4.55. The molecule has 3 nitrogen and oxygen atoms in total. The monoisotopic (exact) mass is 337 g/mol. The Morgan fingerprint density at radius 1 is 1.22 bits per heavy atom. The molecule has 1 aliphatic heterocycles. The van der Waals surface area contributed by atoms with E-state index >= 15 is 0 Å². The molecule has 0 radical (unpaired) electrons. The molecule has 1 N–H and O–H groups in total. The van der Waals surface area contributed by atoms with Gasteiger partial charge in [-0.1, -0.05) is 37.5 Å². The van der Waals surface area contributed by atoms with E-state index in [9.17, 15) is 4.79 Å². The second-order valence-corrected chi connectivity index (χ2v) is 6.66. The Labute approximate surface area is 147 Å². The minimum Gasteiger partial charge on any atom is -1.00 e. The van der Waals surface area contributed by atoms with E-state index in [4.69, 9.17) is 0 Å². The molecule has 0 aliphatic carbocycles. The highest BCUT2D eigenvalue weighted by atomic mass is 35.5. The van der Waals surface area contributed by atoms with Gasteiger partial charge in [-0.3, -0.25) is 9.69 Å². The highest BCUT2D eigenvalue weighted by Crippen LogP contribution is 2.24. The number of hydrogen-bond acceptors (Lipinski definition) is 2. The third-order valence-electron chi connectivity index (χ3n) is 4.64. The predicted molar refractivity (Wildman–Crippen MR) is 93.4 cm³/mol. The number of carbonyl (C=O) groups is 1. The highest BCUT2D eigenvalue weighted by Gasteiger charge is 2.28. The van der Waals surface area contributed by atoms with Gasteiger partial charge in [-0.25, -0.2) is 0 Å². The van der Waals surface area contributed by atoms with Crippen LogP contribution in [0.3, 0.4) is 0 Å². The average Bonchev–Trinajstić information content (AvgIpc) is 2.48. The number of halogens is 1. The lowest BCUT2D eigenvalue weighted by Gasteiger charge is -2.34. The third-order valence-corrected chi connectivity index (χ3v) is 4.64. The Morgan fingerprint density at radius 2 is 1.87 bits per heavy atom. The van der Waals surface area contributed by atoms with Crippen LogP contribution in [0.15, 0.2) is 12.1 Å². The molecule has 23 heavy (non-hydrogen) atoms. The maximum Gasteiger partial charge on any atom is 0.241 e. The first-order chi connectivity index (χ1) is 10.5. The van der Waals surface area contributed by atoms with Crippen molar-refractivity contribution in [2.45, 2.75) is 65.8 Å². The zero-order valence-corrected chi connectivity index (χ0v) is 15.7. The lowest BCUT2D eigenvalue weighted by Crippen LogP contribution is -3.00. The second-order valence-electron chi connectivity index (χ2n) is 6.66. The number of benzene rings is 1. The van der Waals surface area contributed by atoms with Crippen molar-refractivity contribution in [2.75, 3.05) is 18.4 Å². The Morgan fingerprint density at radius 3 is 2.48 bits per heavy atom. The maximum absolute atomic E-state index is 12.8. The van der Waals surface area contributed by atoms with Crippen LogP contribution in [-0.4, -0.2) is 29.9 Å². The minimum absolute atomic E-state index is 0. The molecule has 1 fully saturated rings. The van der Waals surface area contributed by atoms with Gasteiger partial charge in [0, 0.05) is 5.69 Å². The van der Waals surface area contributed by atoms with Crippen LogP contribution in [0.25, 0.3) is 0 Å². The van der Waals surface area contributed by atoms with Crippen LogP contribution in [0, 0.1) is 20.8 Å². The number of nitrogens with one attached hydrogen (secondary N) is 1. The van der Waals surface area contributed by atoms with Crippen LogP contribution in [0.2, 0.25) is 0 Å². The molecule has 0 saturated carbocycles. The van der Waals surface area contributed by atoms with Crippen LogP contribution in [0.1, 0.15) is 55.7 Å². The molecule has 0 bridgehead atoms. The smallest absolute Gasteiger partial charge is 0.241 e. The Hall–Kier alpha value is -1.06. The first-order valence-corrected chi connectivity index (χ1v) is 8.65. The number of piperidine rings is 1. The molecule has 1 unspecified atom stereocenters. The molecule has 1 aromatic rings. The largest absolute Gasteiger partial charge is 1.00 e. The SMILES string of the molecule is CCCCN1CCCCC1C(=O)Nc1c(C)cc(C)cc1C.[Cl-]. The van der Waals surface area contributed by atoms with E-state index in [1.807, 2.05) is 0 Å². The van der Waals surface area contributed by atoms with Crippen LogP contribution in [-0.2, 0) is 4.79 Å². The van der Waals surface area contributed by atoms with E-state index in [-0.39, 0.29) is 24.4 Å². The first kappa shape index (κ1) is 20.0. The van der Waals surface area contributed by atoms with Gasteiger partial charge in [-0.15, -0.1) is 0 Å². The Balaban J connectivity index is 0.00000264. The van der Waals surface area contributed by atoms with Gasteiger partial charge in [0.05, 0.1) is 6.04 Å². The number of amides is 1. The topological polar surface area (TPSA) is 32.3 Å². The van der Waals surface area contributed by atoms with Crippen molar-refractivity contribution in [3.05, 3.63) is 28.8 Å². The highest BCUT2D eigenvalue weighted by molar-refractivity contribution is 5.96.